The largest absolute Gasteiger partial charge is 0.497 e. The van der Waals surface area contributed by atoms with E-state index in [0.29, 0.717) is 12.3 Å². The summed E-state index contributed by atoms with van der Waals surface area (Å²) in [6.07, 6.45) is 0.756. The maximum atomic E-state index is 11.6. The molecule has 0 fully saturated rings. The number of hydrogen-bond donors (Lipinski definition) is 3. The molecule has 0 aliphatic heterocycles. The summed E-state index contributed by atoms with van der Waals surface area (Å²) in [5.41, 5.74) is 5.33. The van der Waals surface area contributed by atoms with Gasteiger partial charge in [-0.25, -0.2) is 4.79 Å². The Labute approximate surface area is 128 Å². The fraction of sp³-hybridized carbons (Fsp3) is 0.357. The molecule has 0 unspecified atom stereocenters. The molecule has 0 spiro atoms. The smallest absolute Gasteiger partial charge is 0.321 e. The minimum absolute atomic E-state index is 0.0857. The number of hydrogen-bond acceptors (Lipinski definition) is 5. The van der Waals surface area contributed by atoms with E-state index in [1.165, 1.54) is 19.2 Å². The fourth-order valence-corrected chi connectivity index (χ4v) is 1.54. The standard InChI is InChI=1S/C14H19N3O5/c1-3-6-16-14(20)17-12(18)8-22-11-5-4-9(21-2)7-10(11)13(15)19/h4-5,7H,3,6,8H2,1-2H3,(H2,15,19)(H2,16,17,18,20). The SMILES string of the molecule is CCCNC(=O)NC(=O)COc1ccc(OC)cc1C(N)=O. The van der Waals surface area contributed by atoms with E-state index in [2.05, 4.69) is 10.6 Å². The lowest BCUT2D eigenvalue weighted by atomic mass is 10.2. The van der Waals surface area contributed by atoms with Crippen molar-refractivity contribution < 1.29 is 23.9 Å². The summed E-state index contributed by atoms with van der Waals surface area (Å²) < 4.78 is 10.2. The Morgan fingerprint density at radius 2 is 2.00 bits per heavy atom. The van der Waals surface area contributed by atoms with Gasteiger partial charge in [0.2, 0.25) is 0 Å². The van der Waals surface area contributed by atoms with Crippen molar-refractivity contribution in [2.75, 3.05) is 20.3 Å². The molecule has 0 saturated heterocycles. The van der Waals surface area contributed by atoms with Crippen molar-refractivity contribution in [3.05, 3.63) is 23.8 Å². The monoisotopic (exact) mass is 309 g/mol. The highest BCUT2D eigenvalue weighted by molar-refractivity contribution is 5.97. The predicted octanol–water partition coefficient (Wildman–Crippen LogP) is 0.409. The van der Waals surface area contributed by atoms with E-state index in [-0.39, 0.29) is 11.3 Å². The van der Waals surface area contributed by atoms with Gasteiger partial charge in [0, 0.05) is 6.54 Å². The molecule has 4 amide bonds. The molecule has 0 aliphatic carbocycles. The van der Waals surface area contributed by atoms with E-state index in [1.54, 1.807) is 6.07 Å². The highest BCUT2D eigenvalue weighted by Gasteiger charge is 2.13. The number of benzene rings is 1. The van der Waals surface area contributed by atoms with Gasteiger partial charge in [0.05, 0.1) is 12.7 Å². The zero-order valence-electron chi connectivity index (χ0n) is 12.5. The first-order valence-corrected chi connectivity index (χ1v) is 6.66. The van der Waals surface area contributed by atoms with Crippen molar-refractivity contribution in [2.45, 2.75) is 13.3 Å². The molecule has 0 saturated carbocycles. The van der Waals surface area contributed by atoms with Gasteiger partial charge in [-0.3, -0.25) is 14.9 Å². The van der Waals surface area contributed by atoms with Gasteiger partial charge in [-0.05, 0) is 24.6 Å². The van der Waals surface area contributed by atoms with Crippen LogP contribution in [-0.4, -0.2) is 38.1 Å². The number of nitrogens with two attached hydrogens (primary N) is 1. The molecule has 1 aromatic carbocycles. The van der Waals surface area contributed by atoms with E-state index < -0.39 is 24.5 Å². The second kappa shape index (κ2) is 8.50. The third kappa shape index (κ3) is 5.31. The number of urea groups is 1. The number of methoxy groups -OCH3 is 1. The van der Waals surface area contributed by atoms with Crippen LogP contribution < -0.4 is 25.8 Å². The van der Waals surface area contributed by atoms with E-state index in [4.69, 9.17) is 15.2 Å². The van der Waals surface area contributed by atoms with Crippen LogP contribution in [-0.2, 0) is 4.79 Å². The van der Waals surface area contributed by atoms with Crippen LogP contribution in [0.15, 0.2) is 18.2 Å². The molecule has 1 rings (SSSR count). The Kier molecular flexibility index (Phi) is 6.68. The molecule has 4 N–H and O–H groups in total. The molecule has 8 heteroatoms. The second-order valence-electron chi connectivity index (χ2n) is 4.32. The maximum absolute atomic E-state index is 11.6. The number of primary amides is 1. The number of rotatable bonds is 7. The molecule has 0 bridgehead atoms. The van der Waals surface area contributed by atoms with Crippen LogP contribution in [0.25, 0.3) is 0 Å². The van der Waals surface area contributed by atoms with Crippen LogP contribution in [0.3, 0.4) is 0 Å². The van der Waals surface area contributed by atoms with Crippen LogP contribution in [0.5, 0.6) is 11.5 Å². The Bertz CT molecular complexity index is 559. The second-order valence-corrected chi connectivity index (χ2v) is 4.32. The first kappa shape index (κ1) is 17.3. The summed E-state index contributed by atoms with van der Waals surface area (Å²) in [6.45, 7) is 1.93. The van der Waals surface area contributed by atoms with Crippen molar-refractivity contribution in [2.24, 2.45) is 5.73 Å². The zero-order valence-corrected chi connectivity index (χ0v) is 12.5. The summed E-state index contributed by atoms with van der Waals surface area (Å²) in [5.74, 6) is -0.781. The van der Waals surface area contributed by atoms with E-state index in [9.17, 15) is 14.4 Å². The lowest BCUT2D eigenvalue weighted by molar-refractivity contribution is -0.122. The van der Waals surface area contributed by atoms with Gasteiger partial charge in [-0.2, -0.15) is 0 Å². The number of ether oxygens (including phenoxy) is 2. The quantitative estimate of drug-likeness (QED) is 0.674. The molecule has 8 nitrogen and oxygen atoms in total. The molecule has 22 heavy (non-hydrogen) atoms. The van der Waals surface area contributed by atoms with E-state index >= 15 is 0 Å². The van der Waals surface area contributed by atoms with Crippen molar-refractivity contribution in [1.82, 2.24) is 10.6 Å². The summed E-state index contributed by atoms with van der Waals surface area (Å²) >= 11 is 0. The molecule has 0 aliphatic rings. The molecule has 0 heterocycles. The molecule has 0 aromatic heterocycles. The summed E-state index contributed by atoms with van der Waals surface area (Å²) in [4.78, 5) is 34.2. The van der Waals surface area contributed by atoms with Crippen LogP contribution in [0.4, 0.5) is 4.79 Å². The number of imide groups is 1. The zero-order chi connectivity index (χ0) is 16.5. The highest BCUT2D eigenvalue weighted by atomic mass is 16.5. The van der Waals surface area contributed by atoms with E-state index in [0.717, 1.165) is 6.42 Å². The Morgan fingerprint density at radius 1 is 1.27 bits per heavy atom. The summed E-state index contributed by atoms with van der Waals surface area (Å²) in [6, 6.07) is 3.83. The first-order valence-electron chi connectivity index (χ1n) is 6.66. The third-order valence-electron chi connectivity index (χ3n) is 2.60. The van der Waals surface area contributed by atoms with Gasteiger partial charge in [0.15, 0.2) is 6.61 Å². The summed E-state index contributed by atoms with van der Waals surface area (Å²) in [5, 5.41) is 4.59. The number of carbonyl (C=O) groups is 3. The Balaban J connectivity index is 2.62. The average molecular weight is 309 g/mol. The van der Waals surface area contributed by atoms with Crippen LogP contribution in [0, 0.1) is 0 Å². The minimum Gasteiger partial charge on any atom is -0.497 e. The first-order chi connectivity index (χ1) is 10.5. The fourth-order valence-electron chi connectivity index (χ4n) is 1.54. The van der Waals surface area contributed by atoms with Crippen molar-refractivity contribution >= 4 is 17.8 Å². The van der Waals surface area contributed by atoms with Crippen LogP contribution in [0.2, 0.25) is 0 Å². The van der Waals surface area contributed by atoms with Gasteiger partial charge in [0.1, 0.15) is 11.5 Å². The van der Waals surface area contributed by atoms with Crippen molar-refractivity contribution in [3.8, 4) is 11.5 Å². The predicted molar refractivity (Wildman–Crippen MR) is 78.8 cm³/mol. The van der Waals surface area contributed by atoms with Gasteiger partial charge in [0.25, 0.3) is 11.8 Å². The van der Waals surface area contributed by atoms with Gasteiger partial charge < -0.3 is 20.5 Å². The number of amides is 4. The van der Waals surface area contributed by atoms with Gasteiger partial charge in [-0.1, -0.05) is 6.92 Å². The molecular formula is C14H19N3O5. The maximum Gasteiger partial charge on any atom is 0.321 e. The van der Waals surface area contributed by atoms with Crippen LogP contribution in [0.1, 0.15) is 23.7 Å². The lowest BCUT2D eigenvalue weighted by Gasteiger charge is -2.11. The number of carbonyl (C=O) groups excluding carboxylic acids is 3. The van der Waals surface area contributed by atoms with Gasteiger partial charge >= 0.3 is 6.03 Å². The van der Waals surface area contributed by atoms with Crippen molar-refractivity contribution in [1.29, 1.82) is 0 Å². The molecular weight excluding hydrogens is 290 g/mol. The Morgan fingerprint density at radius 3 is 2.59 bits per heavy atom. The lowest BCUT2D eigenvalue weighted by Crippen LogP contribution is -2.41. The van der Waals surface area contributed by atoms with Gasteiger partial charge in [-0.15, -0.1) is 0 Å². The Hall–Kier alpha value is -2.77. The minimum atomic E-state index is -0.713. The third-order valence-corrected chi connectivity index (χ3v) is 2.60. The number of nitrogens with one attached hydrogen (secondary N) is 2. The molecule has 0 atom stereocenters. The van der Waals surface area contributed by atoms with Crippen molar-refractivity contribution in [3.63, 3.8) is 0 Å². The highest BCUT2D eigenvalue weighted by Crippen LogP contribution is 2.23. The van der Waals surface area contributed by atoms with E-state index in [1.807, 2.05) is 6.92 Å². The molecule has 0 radical (unpaired) electrons. The molecule has 1 aromatic rings. The summed E-state index contributed by atoms with van der Waals surface area (Å²) in [7, 11) is 1.45. The molecule has 120 valence electrons. The topological polar surface area (TPSA) is 120 Å². The van der Waals surface area contributed by atoms with Crippen LogP contribution >= 0.6 is 0 Å². The normalized spacial score (nSPS) is 9.73. The average Bonchev–Trinajstić information content (AvgIpc) is 2.50.